The Balaban J connectivity index is 2.03. The summed E-state index contributed by atoms with van der Waals surface area (Å²) >= 11 is 5.00. The summed E-state index contributed by atoms with van der Waals surface area (Å²) in [6.07, 6.45) is 3.33. The molecule has 0 unspecified atom stereocenters. The minimum Gasteiger partial charge on any atom is -0.464 e. The fourth-order valence-electron chi connectivity index (χ4n) is 2.16. The molecule has 0 spiro atoms. The van der Waals surface area contributed by atoms with Crippen molar-refractivity contribution in [1.29, 1.82) is 0 Å². The highest BCUT2D eigenvalue weighted by Crippen LogP contribution is 2.11. The van der Waals surface area contributed by atoms with Crippen molar-refractivity contribution in [3.8, 4) is 0 Å². The number of methoxy groups -OCH3 is 1. The van der Waals surface area contributed by atoms with Crippen LogP contribution in [0, 0.1) is 4.77 Å². The molecule has 94 valence electrons. The Kier molecular flexibility index (Phi) is 3.96. The molecule has 1 fully saturated rings. The van der Waals surface area contributed by atoms with E-state index in [0.717, 1.165) is 31.7 Å². The maximum atomic E-state index is 11.5. The number of hydrogen-bond acceptors (Lipinski definition) is 4. The van der Waals surface area contributed by atoms with Gasteiger partial charge in [0, 0.05) is 18.7 Å². The van der Waals surface area contributed by atoms with Gasteiger partial charge in [0.05, 0.1) is 7.11 Å². The first kappa shape index (κ1) is 12.3. The van der Waals surface area contributed by atoms with Crippen molar-refractivity contribution < 1.29 is 9.53 Å². The van der Waals surface area contributed by atoms with Gasteiger partial charge in [-0.3, -0.25) is 0 Å². The zero-order valence-electron chi connectivity index (χ0n) is 9.91. The molecule has 0 aromatic carbocycles. The average molecular weight is 255 g/mol. The third-order valence-electron chi connectivity index (χ3n) is 3.07. The number of ether oxygens (including phenoxy) is 1. The number of H-pyrrole nitrogens is 2. The van der Waals surface area contributed by atoms with E-state index >= 15 is 0 Å². The van der Waals surface area contributed by atoms with Gasteiger partial charge < -0.3 is 19.6 Å². The lowest BCUT2D eigenvalue weighted by atomic mass is 10.2. The van der Waals surface area contributed by atoms with Crippen molar-refractivity contribution in [3.63, 3.8) is 0 Å². The molecule has 1 aliphatic rings. The van der Waals surface area contributed by atoms with Gasteiger partial charge in [-0.2, -0.15) is 0 Å². The molecule has 1 saturated heterocycles. The van der Waals surface area contributed by atoms with E-state index in [2.05, 4.69) is 14.9 Å². The van der Waals surface area contributed by atoms with Crippen molar-refractivity contribution in [2.24, 2.45) is 0 Å². The maximum Gasteiger partial charge on any atom is 0.356 e. The molecule has 1 aromatic heterocycles. The Bertz CT molecular complexity index is 446. The molecule has 2 N–H and O–H groups in total. The third-order valence-corrected chi connectivity index (χ3v) is 3.28. The average Bonchev–Trinajstić information content (AvgIpc) is 2.94. The van der Waals surface area contributed by atoms with Gasteiger partial charge >= 0.3 is 5.97 Å². The number of likely N-dealkylation sites (tertiary alicyclic amines) is 1. The van der Waals surface area contributed by atoms with Crippen LogP contribution in [0.5, 0.6) is 0 Å². The van der Waals surface area contributed by atoms with Gasteiger partial charge in [-0.1, -0.05) is 0 Å². The van der Waals surface area contributed by atoms with Crippen LogP contribution in [-0.2, 0) is 11.2 Å². The van der Waals surface area contributed by atoms with E-state index < -0.39 is 0 Å². The molecule has 1 aliphatic heterocycles. The number of carbonyl (C=O) groups excluding carboxylic acids is 1. The molecule has 2 rings (SSSR count). The number of esters is 1. The molecule has 0 atom stereocenters. The summed E-state index contributed by atoms with van der Waals surface area (Å²) in [6, 6.07) is 0. The summed E-state index contributed by atoms with van der Waals surface area (Å²) in [5.74, 6) is -0.367. The summed E-state index contributed by atoms with van der Waals surface area (Å²) in [4.78, 5) is 19.8. The smallest absolute Gasteiger partial charge is 0.356 e. The first-order valence-corrected chi connectivity index (χ1v) is 6.23. The van der Waals surface area contributed by atoms with Gasteiger partial charge in [0.25, 0.3) is 0 Å². The van der Waals surface area contributed by atoms with Gasteiger partial charge in [0.1, 0.15) is 5.69 Å². The zero-order chi connectivity index (χ0) is 12.3. The van der Waals surface area contributed by atoms with Gasteiger partial charge in [0.15, 0.2) is 4.77 Å². The lowest BCUT2D eigenvalue weighted by molar-refractivity contribution is 0.0593. The Morgan fingerprint density at radius 2 is 2.12 bits per heavy atom. The molecule has 0 radical (unpaired) electrons. The highest BCUT2D eigenvalue weighted by atomic mass is 32.1. The van der Waals surface area contributed by atoms with Gasteiger partial charge in [-0.05, 0) is 38.1 Å². The Hall–Kier alpha value is -1.14. The van der Waals surface area contributed by atoms with Crippen LogP contribution >= 0.6 is 12.2 Å². The number of nitrogens with one attached hydrogen (secondary N) is 2. The van der Waals surface area contributed by atoms with Crippen LogP contribution < -0.4 is 0 Å². The van der Waals surface area contributed by atoms with E-state index in [-0.39, 0.29) is 5.97 Å². The molecular formula is C11H17N3O2S. The largest absolute Gasteiger partial charge is 0.464 e. The van der Waals surface area contributed by atoms with Gasteiger partial charge in [0.2, 0.25) is 0 Å². The minimum atomic E-state index is -0.367. The zero-order valence-corrected chi connectivity index (χ0v) is 10.7. The quantitative estimate of drug-likeness (QED) is 0.632. The standard InChI is InChI=1S/C11H17N3O2S/c1-16-10(15)9-8(12-11(17)13-9)4-7-14-5-2-3-6-14/h2-7H2,1H3,(H2,12,13,17). The van der Waals surface area contributed by atoms with Crippen LogP contribution in [0.25, 0.3) is 0 Å². The number of imidazole rings is 1. The van der Waals surface area contributed by atoms with E-state index in [0.29, 0.717) is 10.5 Å². The van der Waals surface area contributed by atoms with E-state index in [4.69, 9.17) is 17.0 Å². The summed E-state index contributed by atoms with van der Waals surface area (Å²) in [7, 11) is 1.37. The van der Waals surface area contributed by atoms with Gasteiger partial charge in [-0.15, -0.1) is 0 Å². The Labute approximate surface area is 105 Å². The van der Waals surface area contributed by atoms with Crippen LogP contribution in [0.2, 0.25) is 0 Å². The molecule has 0 bridgehead atoms. The molecular weight excluding hydrogens is 238 g/mol. The number of nitrogens with zero attached hydrogens (tertiary/aromatic N) is 1. The summed E-state index contributed by atoms with van der Waals surface area (Å²) in [5.41, 5.74) is 1.30. The van der Waals surface area contributed by atoms with E-state index in [1.165, 1.54) is 20.0 Å². The monoisotopic (exact) mass is 255 g/mol. The van der Waals surface area contributed by atoms with Crippen molar-refractivity contribution in [2.75, 3.05) is 26.7 Å². The summed E-state index contributed by atoms with van der Waals surface area (Å²) < 4.78 is 5.19. The normalized spacial score (nSPS) is 16.3. The number of rotatable bonds is 4. The number of aromatic nitrogens is 2. The summed E-state index contributed by atoms with van der Waals surface area (Å²) in [6.45, 7) is 3.25. The van der Waals surface area contributed by atoms with Crippen LogP contribution in [0.1, 0.15) is 29.0 Å². The second kappa shape index (κ2) is 5.46. The van der Waals surface area contributed by atoms with Crippen molar-refractivity contribution in [1.82, 2.24) is 14.9 Å². The topological polar surface area (TPSA) is 61.1 Å². The fourth-order valence-corrected chi connectivity index (χ4v) is 2.38. The SMILES string of the molecule is COC(=O)c1[nH]c(=S)[nH]c1CCN1CCCC1. The Morgan fingerprint density at radius 1 is 1.41 bits per heavy atom. The second-order valence-corrected chi connectivity index (χ2v) is 4.63. The molecule has 5 nitrogen and oxygen atoms in total. The first-order chi connectivity index (χ1) is 8.20. The lowest BCUT2D eigenvalue weighted by Gasteiger charge is -2.13. The van der Waals surface area contributed by atoms with Crippen molar-refractivity contribution in [3.05, 3.63) is 16.2 Å². The molecule has 1 aromatic rings. The van der Waals surface area contributed by atoms with Gasteiger partial charge in [-0.25, -0.2) is 4.79 Å². The summed E-state index contributed by atoms with van der Waals surface area (Å²) in [5, 5.41) is 0. The molecule has 0 saturated carbocycles. The number of carbonyl (C=O) groups is 1. The Morgan fingerprint density at radius 3 is 2.76 bits per heavy atom. The number of aromatic amines is 2. The lowest BCUT2D eigenvalue weighted by Crippen LogP contribution is -2.22. The van der Waals surface area contributed by atoms with Crippen LogP contribution in [0.15, 0.2) is 0 Å². The van der Waals surface area contributed by atoms with Crippen LogP contribution in [0.4, 0.5) is 0 Å². The first-order valence-electron chi connectivity index (χ1n) is 5.82. The fraction of sp³-hybridized carbons (Fsp3) is 0.636. The molecule has 17 heavy (non-hydrogen) atoms. The minimum absolute atomic E-state index is 0.367. The molecule has 0 aliphatic carbocycles. The highest BCUT2D eigenvalue weighted by molar-refractivity contribution is 7.71. The molecule has 6 heteroatoms. The van der Waals surface area contributed by atoms with E-state index in [1.807, 2.05) is 0 Å². The van der Waals surface area contributed by atoms with E-state index in [1.54, 1.807) is 0 Å². The third kappa shape index (κ3) is 2.95. The van der Waals surface area contributed by atoms with E-state index in [9.17, 15) is 4.79 Å². The highest BCUT2D eigenvalue weighted by Gasteiger charge is 2.17. The molecule has 2 heterocycles. The van der Waals surface area contributed by atoms with Crippen LogP contribution in [-0.4, -0.2) is 47.6 Å². The number of hydrogen-bond donors (Lipinski definition) is 2. The second-order valence-electron chi connectivity index (χ2n) is 4.22. The molecule has 0 amide bonds. The predicted octanol–water partition coefficient (Wildman–Crippen LogP) is 1.50. The predicted molar refractivity (Wildman–Crippen MR) is 66.7 cm³/mol. The maximum absolute atomic E-state index is 11.5. The van der Waals surface area contributed by atoms with Crippen LogP contribution in [0.3, 0.4) is 0 Å². The van der Waals surface area contributed by atoms with Crippen molar-refractivity contribution in [2.45, 2.75) is 19.3 Å². The van der Waals surface area contributed by atoms with Crippen molar-refractivity contribution >= 4 is 18.2 Å².